The van der Waals surface area contributed by atoms with Gasteiger partial charge in [0.15, 0.2) is 0 Å². The van der Waals surface area contributed by atoms with Crippen LogP contribution >= 0.6 is 0 Å². The van der Waals surface area contributed by atoms with Crippen LogP contribution in [0.4, 0.5) is 5.69 Å². The first-order valence-electron chi connectivity index (χ1n) is 8.10. The lowest BCUT2D eigenvalue weighted by Crippen LogP contribution is -2.30. The molecule has 3 rings (SSSR count). The molecule has 0 radical (unpaired) electrons. The summed E-state index contributed by atoms with van der Waals surface area (Å²) >= 11 is 0. The third-order valence-electron chi connectivity index (χ3n) is 4.46. The number of hydrogen-bond acceptors (Lipinski definition) is 3. The van der Waals surface area contributed by atoms with Crippen molar-refractivity contribution in [1.82, 2.24) is 5.32 Å². The van der Waals surface area contributed by atoms with Crippen LogP contribution in [0, 0.1) is 0 Å². The second-order valence-electron chi connectivity index (χ2n) is 6.15. The quantitative estimate of drug-likeness (QED) is 0.901. The zero-order valence-electron chi connectivity index (χ0n) is 13.6. The van der Waals surface area contributed by atoms with Crippen LogP contribution in [-0.4, -0.2) is 18.4 Å². The van der Waals surface area contributed by atoms with Gasteiger partial charge in [-0.05, 0) is 50.3 Å². The lowest BCUT2D eigenvalue weighted by Gasteiger charge is -2.22. The summed E-state index contributed by atoms with van der Waals surface area (Å²) in [5, 5.41) is 5.92. The van der Waals surface area contributed by atoms with Crippen molar-refractivity contribution in [3.8, 4) is 0 Å². The largest absolute Gasteiger partial charge is 0.498 e. The summed E-state index contributed by atoms with van der Waals surface area (Å²) in [4.78, 5) is 23.8. The molecular formula is C18H22N2O3. The Kier molecular flexibility index (Phi) is 4.37. The molecule has 0 saturated heterocycles. The molecule has 0 bridgehead atoms. The van der Waals surface area contributed by atoms with E-state index in [9.17, 15) is 9.59 Å². The van der Waals surface area contributed by atoms with E-state index in [-0.39, 0.29) is 17.9 Å². The average Bonchev–Trinajstić information content (AvgIpc) is 2.54. The maximum absolute atomic E-state index is 12.4. The topological polar surface area (TPSA) is 67.4 Å². The molecule has 2 amide bonds. The highest BCUT2D eigenvalue weighted by Crippen LogP contribution is 2.27. The molecule has 2 heterocycles. The molecule has 1 unspecified atom stereocenters. The molecule has 0 aromatic heterocycles. The van der Waals surface area contributed by atoms with Crippen LogP contribution in [0.5, 0.6) is 0 Å². The van der Waals surface area contributed by atoms with Gasteiger partial charge in [0.1, 0.15) is 5.76 Å². The summed E-state index contributed by atoms with van der Waals surface area (Å²) in [6.45, 7) is 4.51. The molecule has 2 aliphatic rings. The Balaban J connectivity index is 1.72. The molecule has 23 heavy (non-hydrogen) atoms. The minimum absolute atomic E-state index is 0.0549. The minimum atomic E-state index is -0.0901. The van der Waals surface area contributed by atoms with Crippen LogP contribution in [0.25, 0.3) is 0 Å². The number of amides is 2. The number of allylic oxidation sites excluding steroid dienone is 1. The fourth-order valence-electron chi connectivity index (χ4n) is 3.05. The summed E-state index contributed by atoms with van der Waals surface area (Å²) in [7, 11) is 0. The Labute approximate surface area is 136 Å². The first kappa shape index (κ1) is 15.6. The van der Waals surface area contributed by atoms with Crippen molar-refractivity contribution in [2.75, 3.05) is 11.9 Å². The van der Waals surface area contributed by atoms with Gasteiger partial charge < -0.3 is 15.4 Å². The van der Waals surface area contributed by atoms with E-state index in [2.05, 4.69) is 16.7 Å². The maximum Gasteiger partial charge on any atom is 0.251 e. The number of nitrogens with one attached hydrogen (secondary N) is 2. The average molecular weight is 314 g/mol. The number of carbonyl (C=O) groups is 2. The van der Waals surface area contributed by atoms with Gasteiger partial charge in [-0.3, -0.25) is 9.59 Å². The molecule has 5 heteroatoms. The molecule has 0 fully saturated rings. The van der Waals surface area contributed by atoms with Gasteiger partial charge in [0.05, 0.1) is 18.2 Å². The van der Waals surface area contributed by atoms with Gasteiger partial charge in [-0.15, -0.1) is 0 Å². The van der Waals surface area contributed by atoms with E-state index in [1.165, 1.54) is 0 Å². The van der Waals surface area contributed by atoms with E-state index in [1.54, 1.807) is 0 Å². The molecule has 2 aliphatic heterocycles. The summed E-state index contributed by atoms with van der Waals surface area (Å²) in [5.74, 6) is 0.737. The number of aryl methyl sites for hydroxylation is 1. The van der Waals surface area contributed by atoms with Gasteiger partial charge in [-0.2, -0.15) is 0 Å². The lowest BCUT2D eigenvalue weighted by atomic mass is 9.97. The second-order valence-corrected chi connectivity index (χ2v) is 6.15. The van der Waals surface area contributed by atoms with Gasteiger partial charge in [-0.25, -0.2) is 0 Å². The van der Waals surface area contributed by atoms with Crippen LogP contribution in [0.15, 0.2) is 29.5 Å². The number of ether oxygens (including phenoxy) is 1. The van der Waals surface area contributed by atoms with E-state index >= 15 is 0 Å². The Morgan fingerprint density at radius 1 is 1.30 bits per heavy atom. The molecule has 5 nitrogen and oxygen atoms in total. The molecule has 1 aromatic carbocycles. The SMILES string of the molecule is CC1=C(C(=O)NC(C)c2ccc3c(c2)CCC(=O)N3)CCCO1. The Hall–Kier alpha value is -2.30. The van der Waals surface area contributed by atoms with Gasteiger partial charge in [0, 0.05) is 12.1 Å². The second kappa shape index (κ2) is 6.44. The van der Waals surface area contributed by atoms with E-state index in [4.69, 9.17) is 4.74 Å². The van der Waals surface area contributed by atoms with Gasteiger partial charge >= 0.3 is 0 Å². The van der Waals surface area contributed by atoms with Crippen molar-refractivity contribution in [1.29, 1.82) is 0 Å². The van der Waals surface area contributed by atoms with Gasteiger partial charge in [0.2, 0.25) is 5.91 Å². The highest BCUT2D eigenvalue weighted by atomic mass is 16.5. The molecule has 2 N–H and O–H groups in total. The molecule has 122 valence electrons. The zero-order valence-corrected chi connectivity index (χ0v) is 13.6. The monoisotopic (exact) mass is 314 g/mol. The van der Waals surface area contributed by atoms with Crippen LogP contribution in [0.3, 0.4) is 0 Å². The lowest BCUT2D eigenvalue weighted by molar-refractivity contribution is -0.119. The minimum Gasteiger partial charge on any atom is -0.498 e. The predicted molar refractivity (Wildman–Crippen MR) is 87.8 cm³/mol. The van der Waals surface area contributed by atoms with Crippen LogP contribution in [0.1, 0.15) is 50.3 Å². The zero-order chi connectivity index (χ0) is 16.4. The Bertz CT molecular complexity index is 679. The van der Waals surface area contributed by atoms with Crippen molar-refractivity contribution < 1.29 is 14.3 Å². The summed E-state index contributed by atoms with van der Waals surface area (Å²) < 4.78 is 5.46. The van der Waals surface area contributed by atoms with Crippen molar-refractivity contribution in [3.63, 3.8) is 0 Å². The normalized spacial score (nSPS) is 18.6. The predicted octanol–water partition coefficient (Wildman–Crippen LogP) is 2.83. The van der Waals surface area contributed by atoms with E-state index in [1.807, 2.05) is 26.0 Å². The maximum atomic E-state index is 12.4. The summed E-state index contributed by atoms with van der Waals surface area (Å²) in [5.41, 5.74) is 3.79. The Morgan fingerprint density at radius 3 is 2.91 bits per heavy atom. The van der Waals surface area contributed by atoms with Crippen molar-refractivity contribution >= 4 is 17.5 Å². The standard InChI is InChI=1S/C18H22N2O3/c1-11(19-18(22)15-4-3-9-23-12(15)2)13-5-7-16-14(10-13)6-8-17(21)20-16/h5,7,10-11H,3-4,6,8-9H2,1-2H3,(H,19,22)(H,20,21). The fourth-order valence-corrected chi connectivity index (χ4v) is 3.05. The molecule has 1 aromatic rings. The number of benzene rings is 1. The van der Waals surface area contributed by atoms with E-state index in [0.717, 1.165) is 47.4 Å². The number of fused-ring (bicyclic) bond motifs is 1. The van der Waals surface area contributed by atoms with Crippen molar-refractivity contribution in [2.24, 2.45) is 0 Å². The molecule has 1 atom stereocenters. The number of carbonyl (C=O) groups excluding carboxylic acids is 2. The van der Waals surface area contributed by atoms with Crippen LogP contribution in [-0.2, 0) is 20.7 Å². The third-order valence-corrected chi connectivity index (χ3v) is 4.46. The first-order valence-corrected chi connectivity index (χ1v) is 8.10. The smallest absolute Gasteiger partial charge is 0.251 e. The Morgan fingerprint density at radius 2 is 2.13 bits per heavy atom. The van der Waals surface area contributed by atoms with E-state index < -0.39 is 0 Å². The van der Waals surface area contributed by atoms with Crippen molar-refractivity contribution in [3.05, 3.63) is 40.7 Å². The summed E-state index contributed by atoms with van der Waals surface area (Å²) in [6.07, 6.45) is 2.90. The summed E-state index contributed by atoms with van der Waals surface area (Å²) in [6, 6.07) is 5.85. The van der Waals surface area contributed by atoms with Crippen molar-refractivity contribution in [2.45, 2.75) is 45.6 Å². The van der Waals surface area contributed by atoms with E-state index in [0.29, 0.717) is 13.0 Å². The number of rotatable bonds is 3. The first-order chi connectivity index (χ1) is 11.0. The molecule has 0 saturated carbocycles. The van der Waals surface area contributed by atoms with Crippen LogP contribution in [0.2, 0.25) is 0 Å². The third kappa shape index (κ3) is 3.38. The molecular weight excluding hydrogens is 292 g/mol. The highest BCUT2D eigenvalue weighted by molar-refractivity contribution is 5.95. The van der Waals surface area contributed by atoms with Gasteiger partial charge in [-0.1, -0.05) is 12.1 Å². The number of anilines is 1. The molecule has 0 spiro atoms. The van der Waals surface area contributed by atoms with Gasteiger partial charge in [0.25, 0.3) is 5.91 Å². The fraction of sp³-hybridized carbons (Fsp3) is 0.444. The highest BCUT2D eigenvalue weighted by Gasteiger charge is 2.21. The molecule has 0 aliphatic carbocycles. The van der Waals surface area contributed by atoms with Crippen LogP contribution < -0.4 is 10.6 Å². The number of hydrogen-bond donors (Lipinski definition) is 2.